The minimum absolute atomic E-state index is 0.419. The molecule has 76 valence electrons. The van der Waals surface area contributed by atoms with E-state index >= 15 is 0 Å². The van der Waals surface area contributed by atoms with Gasteiger partial charge in [0.2, 0.25) is 0 Å². The van der Waals surface area contributed by atoms with Crippen LogP contribution in [0.4, 0.5) is 5.69 Å². The molecule has 0 amide bonds. The number of benzene rings is 1. The lowest BCUT2D eigenvalue weighted by Crippen LogP contribution is -2.44. The van der Waals surface area contributed by atoms with Crippen molar-refractivity contribution < 1.29 is 0 Å². The molecule has 1 aromatic carbocycles. The maximum atomic E-state index is 5.73. The lowest BCUT2D eigenvalue weighted by atomic mass is 9.87. The fourth-order valence-electron chi connectivity index (χ4n) is 1.85. The van der Waals surface area contributed by atoms with Gasteiger partial charge in [0, 0.05) is 17.8 Å². The first kappa shape index (κ1) is 9.53. The van der Waals surface area contributed by atoms with E-state index < -0.39 is 0 Å². The van der Waals surface area contributed by atoms with Gasteiger partial charge in [-0.2, -0.15) is 0 Å². The lowest BCUT2D eigenvalue weighted by Gasteiger charge is -2.33. The van der Waals surface area contributed by atoms with Crippen molar-refractivity contribution in [2.45, 2.75) is 38.3 Å². The Morgan fingerprint density at radius 1 is 1.29 bits per heavy atom. The molecule has 1 aliphatic rings. The Morgan fingerprint density at radius 2 is 1.93 bits per heavy atom. The molecule has 0 heterocycles. The van der Waals surface area contributed by atoms with Crippen LogP contribution in [-0.2, 0) is 6.42 Å². The summed E-state index contributed by atoms with van der Waals surface area (Å²) in [6.45, 7) is 2.17. The van der Waals surface area contributed by atoms with Gasteiger partial charge in [0.1, 0.15) is 0 Å². The highest BCUT2D eigenvalue weighted by Gasteiger charge is 2.25. The fraction of sp³-hybridized carbons (Fsp3) is 0.500. The molecule has 2 rings (SSSR count). The molecule has 0 unspecified atom stereocenters. The Bertz CT molecular complexity index is 286. The highest BCUT2D eigenvalue weighted by Crippen LogP contribution is 2.22. The van der Waals surface area contributed by atoms with Crippen LogP contribution in [0.1, 0.15) is 25.3 Å². The van der Waals surface area contributed by atoms with Crippen LogP contribution < -0.4 is 11.1 Å². The van der Waals surface area contributed by atoms with Gasteiger partial charge in [-0.05, 0) is 37.0 Å². The third-order valence-corrected chi connectivity index (χ3v) is 2.91. The summed E-state index contributed by atoms with van der Waals surface area (Å²) in [5, 5.41) is 3.48. The SMILES string of the molecule is CCc1ccc(NC2CC(N)C2)cc1. The highest BCUT2D eigenvalue weighted by atomic mass is 15.0. The van der Waals surface area contributed by atoms with Crippen LogP contribution in [0, 0.1) is 0 Å². The molecule has 0 aromatic heterocycles. The number of hydrogen-bond acceptors (Lipinski definition) is 2. The number of anilines is 1. The fourth-order valence-corrected chi connectivity index (χ4v) is 1.85. The van der Waals surface area contributed by atoms with Crippen LogP contribution in [0.2, 0.25) is 0 Å². The van der Waals surface area contributed by atoms with Gasteiger partial charge >= 0.3 is 0 Å². The average Bonchev–Trinajstić information content (AvgIpc) is 2.17. The molecule has 0 saturated heterocycles. The molecule has 1 aliphatic carbocycles. The van der Waals surface area contributed by atoms with Gasteiger partial charge in [0.05, 0.1) is 0 Å². The van der Waals surface area contributed by atoms with E-state index in [9.17, 15) is 0 Å². The van der Waals surface area contributed by atoms with Gasteiger partial charge in [0.25, 0.3) is 0 Å². The van der Waals surface area contributed by atoms with Gasteiger partial charge in [-0.3, -0.25) is 0 Å². The predicted octanol–water partition coefficient (Wildman–Crippen LogP) is 2.15. The van der Waals surface area contributed by atoms with Crippen molar-refractivity contribution in [1.29, 1.82) is 0 Å². The highest BCUT2D eigenvalue weighted by molar-refractivity contribution is 5.46. The van der Waals surface area contributed by atoms with Crippen LogP contribution >= 0.6 is 0 Å². The Kier molecular flexibility index (Phi) is 2.73. The minimum Gasteiger partial charge on any atom is -0.382 e. The summed E-state index contributed by atoms with van der Waals surface area (Å²) in [6.07, 6.45) is 3.32. The normalized spacial score (nSPS) is 25.6. The van der Waals surface area contributed by atoms with E-state index in [1.807, 2.05) is 0 Å². The van der Waals surface area contributed by atoms with E-state index in [1.54, 1.807) is 0 Å². The summed E-state index contributed by atoms with van der Waals surface area (Å²) < 4.78 is 0. The van der Waals surface area contributed by atoms with Crippen LogP contribution in [0.5, 0.6) is 0 Å². The maximum Gasteiger partial charge on any atom is 0.0342 e. The smallest absolute Gasteiger partial charge is 0.0342 e. The maximum absolute atomic E-state index is 5.73. The first-order valence-electron chi connectivity index (χ1n) is 5.39. The van der Waals surface area contributed by atoms with E-state index in [4.69, 9.17) is 5.73 Å². The third kappa shape index (κ3) is 2.07. The first-order chi connectivity index (χ1) is 6.78. The second-order valence-electron chi connectivity index (χ2n) is 4.12. The zero-order chi connectivity index (χ0) is 9.97. The zero-order valence-electron chi connectivity index (χ0n) is 8.66. The van der Waals surface area contributed by atoms with Crippen molar-refractivity contribution in [1.82, 2.24) is 0 Å². The minimum atomic E-state index is 0.419. The van der Waals surface area contributed by atoms with Crippen molar-refractivity contribution in [3.05, 3.63) is 29.8 Å². The topological polar surface area (TPSA) is 38.0 Å². The van der Waals surface area contributed by atoms with E-state index in [-0.39, 0.29) is 0 Å². The molecule has 0 aliphatic heterocycles. The van der Waals surface area contributed by atoms with Crippen LogP contribution in [0.15, 0.2) is 24.3 Å². The molecule has 14 heavy (non-hydrogen) atoms. The quantitative estimate of drug-likeness (QED) is 0.766. The molecule has 0 bridgehead atoms. The zero-order valence-corrected chi connectivity index (χ0v) is 8.66. The van der Waals surface area contributed by atoms with Crippen molar-refractivity contribution in [3.8, 4) is 0 Å². The summed E-state index contributed by atoms with van der Waals surface area (Å²) in [5.74, 6) is 0. The van der Waals surface area contributed by atoms with Gasteiger partial charge in [-0.1, -0.05) is 19.1 Å². The van der Waals surface area contributed by atoms with Crippen molar-refractivity contribution in [2.75, 3.05) is 5.32 Å². The monoisotopic (exact) mass is 190 g/mol. The molecule has 2 nitrogen and oxygen atoms in total. The molecule has 1 aromatic rings. The van der Waals surface area contributed by atoms with Crippen LogP contribution in [0.3, 0.4) is 0 Å². The number of nitrogens with one attached hydrogen (secondary N) is 1. The van der Waals surface area contributed by atoms with Gasteiger partial charge in [-0.25, -0.2) is 0 Å². The van der Waals surface area contributed by atoms with E-state index in [0.29, 0.717) is 12.1 Å². The average molecular weight is 190 g/mol. The Hall–Kier alpha value is -1.02. The summed E-state index contributed by atoms with van der Waals surface area (Å²) in [6, 6.07) is 9.69. The Balaban J connectivity index is 1.90. The number of hydrogen-bond donors (Lipinski definition) is 2. The van der Waals surface area contributed by atoms with Gasteiger partial charge in [0.15, 0.2) is 0 Å². The largest absolute Gasteiger partial charge is 0.382 e. The molecule has 3 N–H and O–H groups in total. The summed E-state index contributed by atoms with van der Waals surface area (Å²) in [5.41, 5.74) is 8.34. The Labute approximate surface area is 85.5 Å². The molecule has 0 radical (unpaired) electrons. The van der Waals surface area contributed by atoms with E-state index in [2.05, 4.69) is 36.5 Å². The number of rotatable bonds is 3. The first-order valence-corrected chi connectivity index (χ1v) is 5.39. The molecule has 1 fully saturated rings. The van der Waals surface area contributed by atoms with Gasteiger partial charge < -0.3 is 11.1 Å². The number of nitrogens with two attached hydrogens (primary N) is 1. The second-order valence-corrected chi connectivity index (χ2v) is 4.12. The third-order valence-electron chi connectivity index (χ3n) is 2.91. The lowest BCUT2D eigenvalue weighted by molar-refractivity contribution is 0.373. The molecular weight excluding hydrogens is 172 g/mol. The molecular formula is C12H18N2. The van der Waals surface area contributed by atoms with Crippen molar-refractivity contribution in [3.63, 3.8) is 0 Å². The molecule has 0 atom stereocenters. The number of aryl methyl sites for hydroxylation is 1. The molecule has 1 saturated carbocycles. The van der Waals surface area contributed by atoms with Crippen molar-refractivity contribution >= 4 is 5.69 Å². The summed E-state index contributed by atoms with van der Waals surface area (Å²) >= 11 is 0. The predicted molar refractivity (Wildman–Crippen MR) is 60.4 cm³/mol. The van der Waals surface area contributed by atoms with Gasteiger partial charge in [-0.15, -0.1) is 0 Å². The standard InChI is InChI=1S/C12H18N2/c1-2-9-3-5-11(6-4-9)14-12-7-10(13)8-12/h3-6,10,12,14H,2,7-8,13H2,1H3. The van der Waals surface area contributed by atoms with Crippen molar-refractivity contribution in [2.24, 2.45) is 5.73 Å². The molecule has 0 spiro atoms. The van der Waals surface area contributed by atoms with Crippen LogP contribution in [0.25, 0.3) is 0 Å². The van der Waals surface area contributed by atoms with Crippen LogP contribution in [-0.4, -0.2) is 12.1 Å². The summed E-state index contributed by atoms with van der Waals surface area (Å²) in [7, 11) is 0. The second kappa shape index (κ2) is 4.01. The Morgan fingerprint density at radius 3 is 2.43 bits per heavy atom. The van der Waals surface area contributed by atoms with E-state index in [1.165, 1.54) is 11.3 Å². The van der Waals surface area contributed by atoms with E-state index in [0.717, 1.165) is 19.3 Å². The summed E-state index contributed by atoms with van der Waals surface area (Å²) in [4.78, 5) is 0. The molecule has 2 heteroatoms.